The Bertz CT molecular complexity index is 995. The zero-order valence-electron chi connectivity index (χ0n) is 15.4. The molecule has 0 radical (unpaired) electrons. The lowest BCUT2D eigenvalue weighted by Gasteiger charge is -2.19. The van der Waals surface area contributed by atoms with Crippen LogP contribution in [0.4, 0.5) is 0 Å². The molecule has 2 aromatic heterocycles. The number of nitrogens with zero attached hydrogens (tertiary/aromatic N) is 3. The minimum atomic E-state index is -0.571. The Balaban J connectivity index is 1.36. The molecule has 1 fully saturated rings. The van der Waals surface area contributed by atoms with Crippen LogP contribution in [0.3, 0.4) is 0 Å². The number of pyridine rings is 1. The van der Waals surface area contributed by atoms with Gasteiger partial charge in [0.05, 0.1) is 18.7 Å². The summed E-state index contributed by atoms with van der Waals surface area (Å²) in [5, 5.41) is 10.6. The van der Waals surface area contributed by atoms with Crippen molar-refractivity contribution in [2.45, 2.75) is 18.9 Å². The van der Waals surface area contributed by atoms with Gasteiger partial charge in [-0.3, -0.25) is 9.20 Å². The van der Waals surface area contributed by atoms with Crippen molar-refractivity contribution < 1.29 is 19.1 Å². The van der Waals surface area contributed by atoms with Crippen molar-refractivity contribution in [3.63, 3.8) is 0 Å². The number of carbonyl (C=O) groups excluding carboxylic acids is 2. The first kappa shape index (κ1) is 18.0. The van der Waals surface area contributed by atoms with Crippen LogP contribution in [0.5, 0.6) is 5.75 Å². The molecule has 1 aliphatic carbocycles. The first-order valence-electron chi connectivity index (χ1n) is 9.04. The van der Waals surface area contributed by atoms with Gasteiger partial charge in [0.15, 0.2) is 12.3 Å². The van der Waals surface area contributed by atoms with Crippen LogP contribution in [0.25, 0.3) is 5.65 Å². The van der Waals surface area contributed by atoms with Crippen molar-refractivity contribution in [1.82, 2.24) is 19.9 Å². The van der Waals surface area contributed by atoms with Crippen LogP contribution >= 0.6 is 0 Å². The van der Waals surface area contributed by atoms with Crippen LogP contribution in [-0.2, 0) is 9.53 Å². The van der Waals surface area contributed by atoms with Crippen molar-refractivity contribution in [1.29, 1.82) is 0 Å². The lowest BCUT2D eigenvalue weighted by molar-refractivity contribution is -0.125. The van der Waals surface area contributed by atoms with E-state index in [0.717, 1.165) is 24.2 Å². The smallest absolute Gasteiger partial charge is 0.340 e. The molecule has 144 valence electrons. The molecule has 0 aliphatic heterocycles. The topological polar surface area (TPSA) is 94.8 Å². The van der Waals surface area contributed by atoms with Gasteiger partial charge in [0.25, 0.3) is 5.91 Å². The van der Waals surface area contributed by atoms with Gasteiger partial charge in [-0.25, -0.2) is 4.79 Å². The zero-order chi connectivity index (χ0) is 19.5. The standard InChI is InChI=1S/C20H20N4O4/c1-27-16-7-4-14(5-8-16)19(13-2-3-13)22-18(25)11-28-20(26)15-6-9-17-23-21-12-24(17)10-15/h4-10,12-13,19H,2-3,11H2,1H3,(H,22,25). The lowest BCUT2D eigenvalue weighted by Crippen LogP contribution is -2.33. The van der Waals surface area contributed by atoms with Gasteiger partial charge in [-0.05, 0) is 48.6 Å². The largest absolute Gasteiger partial charge is 0.497 e. The highest BCUT2D eigenvalue weighted by molar-refractivity contribution is 5.91. The number of benzene rings is 1. The Morgan fingerprint density at radius 3 is 2.71 bits per heavy atom. The van der Waals surface area contributed by atoms with E-state index in [1.54, 1.807) is 29.8 Å². The molecular formula is C20H20N4O4. The van der Waals surface area contributed by atoms with Crippen LogP contribution in [0.15, 0.2) is 48.9 Å². The fraction of sp³-hybridized carbons (Fsp3) is 0.300. The minimum absolute atomic E-state index is 0.0921. The third kappa shape index (κ3) is 3.95. The van der Waals surface area contributed by atoms with Gasteiger partial charge >= 0.3 is 5.97 Å². The third-order valence-corrected chi connectivity index (χ3v) is 4.75. The Morgan fingerprint density at radius 1 is 1.21 bits per heavy atom. The molecule has 2 heterocycles. The van der Waals surface area contributed by atoms with Crippen molar-refractivity contribution >= 4 is 17.5 Å². The van der Waals surface area contributed by atoms with Gasteiger partial charge < -0.3 is 14.8 Å². The van der Waals surface area contributed by atoms with Crippen LogP contribution in [0, 0.1) is 5.92 Å². The molecule has 1 N–H and O–H groups in total. The number of fused-ring (bicyclic) bond motifs is 1. The maximum Gasteiger partial charge on any atom is 0.340 e. The average molecular weight is 380 g/mol. The first-order valence-corrected chi connectivity index (χ1v) is 9.04. The minimum Gasteiger partial charge on any atom is -0.497 e. The molecule has 1 atom stereocenters. The molecule has 3 aromatic rings. The number of nitrogens with one attached hydrogen (secondary N) is 1. The van der Waals surface area contributed by atoms with Crippen molar-refractivity contribution in [3.05, 3.63) is 60.0 Å². The highest BCUT2D eigenvalue weighted by Gasteiger charge is 2.33. The maximum atomic E-state index is 12.4. The highest BCUT2D eigenvalue weighted by Crippen LogP contribution is 2.41. The van der Waals surface area contributed by atoms with E-state index in [1.807, 2.05) is 24.3 Å². The second-order valence-corrected chi connectivity index (χ2v) is 6.75. The Labute approximate surface area is 161 Å². The summed E-state index contributed by atoms with van der Waals surface area (Å²) in [4.78, 5) is 24.6. The summed E-state index contributed by atoms with van der Waals surface area (Å²) in [5.74, 6) is 0.275. The molecule has 8 heteroatoms. The number of methoxy groups -OCH3 is 1. The molecule has 1 saturated carbocycles. The van der Waals surface area contributed by atoms with Crippen LogP contribution in [0.2, 0.25) is 0 Å². The third-order valence-electron chi connectivity index (χ3n) is 4.75. The fourth-order valence-corrected chi connectivity index (χ4v) is 3.09. The van der Waals surface area contributed by atoms with E-state index in [2.05, 4.69) is 15.5 Å². The second kappa shape index (κ2) is 7.67. The summed E-state index contributed by atoms with van der Waals surface area (Å²) in [6.07, 6.45) is 5.19. The molecule has 1 unspecified atom stereocenters. The zero-order valence-corrected chi connectivity index (χ0v) is 15.4. The van der Waals surface area contributed by atoms with E-state index in [-0.39, 0.29) is 18.6 Å². The Hall–Kier alpha value is -3.42. The second-order valence-electron chi connectivity index (χ2n) is 6.75. The number of amides is 1. The van der Waals surface area contributed by atoms with E-state index < -0.39 is 5.97 Å². The van der Waals surface area contributed by atoms with Gasteiger partial charge in [0, 0.05) is 6.20 Å². The molecule has 28 heavy (non-hydrogen) atoms. The van der Waals surface area contributed by atoms with Crippen molar-refractivity contribution in [2.24, 2.45) is 5.92 Å². The lowest BCUT2D eigenvalue weighted by atomic mass is 10.0. The molecular weight excluding hydrogens is 360 g/mol. The van der Waals surface area contributed by atoms with E-state index in [0.29, 0.717) is 17.1 Å². The summed E-state index contributed by atoms with van der Waals surface area (Å²) in [6.45, 7) is -0.335. The van der Waals surface area contributed by atoms with Crippen LogP contribution in [-0.4, -0.2) is 40.2 Å². The summed E-state index contributed by atoms with van der Waals surface area (Å²) < 4.78 is 12.0. The molecule has 1 aromatic carbocycles. The molecule has 0 saturated heterocycles. The van der Waals surface area contributed by atoms with Gasteiger partial charge in [0.1, 0.15) is 12.1 Å². The summed E-state index contributed by atoms with van der Waals surface area (Å²) in [6, 6.07) is 10.8. The van der Waals surface area contributed by atoms with E-state index >= 15 is 0 Å². The molecule has 0 spiro atoms. The Morgan fingerprint density at radius 2 is 2.00 bits per heavy atom. The monoisotopic (exact) mass is 380 g/mol. The van der Waals surface area contributed by atoms with Gasteiger partial charge in [-0.2, -0.15) is 0 Å². The Kier molecular flexibility index (Phi) is 4.92. The fourth-order valence-electron chi connectivity index (χ4n) is 3.09. The number of aromatic nitrogens is 3. The van der Waals surface area contributed by atoms with E-state index in [9.17, 15) is 9.59 Å². The number of hydrogen-bond donors (Lipinski definition) is 1. The molecule has 8 nitrogen and oxygen atoms in total. The predicted octanol–water partition coefficient (Wildman–Crippen LogP) is 2.16. The quantitative estimate of drug-likeness (QED) is 0.631. The molecule has 0 bridgehead atoms. The molecule has 4 rings (SSSR count). The van der Waals surface area contributed by atoms with Gasteiger partial charge in [-0.1, -0.05) is 12.1 Å². The van der Waals surface area contributed by atoms with Crippen molar-refractivity contribution in [3.8, 4) is 5.75 Å². The number of rotatable bonds is 7. The number of carbonyl (C=O) groups is 2. The summed E-state index contributed by atoms with van der Waals surface area (Å²) in [5.41, 5.74) is 1.97. The number of ether oxygens (including phenoxy) is 2. The summed E-state index contributed by atoms with van der Waals surface area (Å²) >= 11 is 0. The van der Waals surface area contributed by atoms with E-state index in [1.165, 1.54) is 6.33 Å². The number of esters is 1. The van der Waals surface area contributed by atoms with Crippen LogP contribution < -0.4 is 10.1 Å². The molecule has 1 aliphatic rings. The first-order chi connectivity index (χ1) is 13.6. The number of hydrogen-bond acceptors (Lipinski definition) is 6. The van der Waals surface area contributed by atoms with Crippen LogP contribution in [0.1, 0.15) is 34.8 Å². The average Bonchev–Trinajstić information content (AvgIpc) is 3.46. The summed E-state index contributed by atoms with van der Waals surface area (Å²) in [7, 11) is 1.62. The SMILES string of the molecule is COc1ccc(C(NC(=O)COC(=O)c2ccc3nncn3c2)C2CC2)cc1. The predicted molar refractivity (Wildman–Crippen MR) is 99.9 cm³/mol. The van der Waals surface area contributed by atoms with E-state index in [4.69, 9.17) is 9.47 Å². The van der Waals surface area contributed by atoms with Crippen molar-refractivity contribution in [2.75, 3.05) is 13.7 Å². The van der Waals surface area contributed by atoms with Gasteiger partial charge in [-0.15, -0.1) is 10.2 Å². The normalized spacial score (nSPS) is 14.5. The highest BCUT2D eigenvalue weighted by atomic mass is 16.5. The van der Waals surface area contributed by atoms with Gasteiger partial charge in [0.2, 0.25) is 0 Å². The molecule has 1 amide bonds. The maximum absolute atomic E-state index is 12.4.